The lowest BCUT2D eigenvalue weighted by Gasteiger charge is -2.30. The van der Waals surface area contributed by atoms with Gasteiger partial charge in [0.15, 0.2) is 0 Å². The minimum absolute atomic E-state index is 0.0572. The second-order valence-corrected chi connectivity index (χ2v) is 8.02. The van der Waals surface area contributed by atoms with Gasteiger partial charge in [-0.2, -0.15) is 0 Å². The SMILES string of the molecule is Cn1c(=O)n(CCC(=O)N(C2CC2)C2CCc3ccccc32)c2ccccc21. The smallest absolute Gasteiger partial charge is 0.328 e. The number of carbonyl (C=O) groups is 1. The van der Waals surface area contributed by atoms with Crippen molar-refractivity contribution in [1.82, 2.24) is 14.0 Å². The molecule has 0 N–H and O–H groups in total. The van der Waals surface area contributed by atoms with Gasteiger partial charge in [0.05, 0.1) is 17.1 Å². The third-order valence-corrected chi connectivity index (χ3v) is 6.27. The molecular formula is C23H25N3O2. The molecule has 0 radical (unpaired) electrons. The van der Waals surface area contributed by atoms with Crippen LogP contribution in [0.25, 0.3) is 11.0 Å². The van der Waals surface area contributed by atoms with Crippen LogP contribution in [0.3, 0.4) is 0 Å². The van der Waals surface area contributed by atoms with Crippen LogP contribution < -0.4 is 5.69 Å². The van der Waals surface area contributed by atoms with Gasteiger partial charge in [0.25, 0.3) is 0 Å². The summed E-state index contributed by atoms with van der Waals surface area (Å²) in [5, 5.41) is 0. The highest BCUT2D eigenvalue weighted by Gasteiger charge is 2.40. The first-order valence-corrected chi connectivity index (χ1v) is 10.2. The van der Waals surface area contributed by atoms with Crippen molar-refractivity contribution < 1.29 is 4.79 Å². The van der Waals surface area contributed by atoms with Crippen LogP contribution in [0.15, 0.2) is 53.3 Å². The summed E-state index contributed by atoms with van der Waals surface area (Å²) in [4.78, 5) is 28.0. The largest absolute Gasteiger partial charge is 0.333 e. The van der Waals surface area contributed by atoms with Gasteiger partial charge in [-0.05, 0) is 48.9 Å². The Hall–Kier alpha value is -2.82. The van der Waals surface area contributed by atoms with Crippen molar-refractivity contribution in [2.75, 3.05) is 0 Å². The molecule has 1 amide bonds. The number of para-hydroxylation sites is 2. The molecule has 0 saturated heterocycles. The van der Waals surface area contributed by atoms with Crippen LogP contribution in [0.5, 0.6) is 0 Å². The molecule has 2 aromatic carbocycles. The van der Waals surface area contributed by atoms with Gasteiger partial charge >= 0.3 is 5.69 Å². The van der Waals surface area contributed by atoms with Crippen LogP contribution in [-0.2, 0) is 24.8 Å². The van der Waals surface area contributed by atoms with Crippen LogP contribution in [0, 0.1) is 0 Å². The standard InChI is InChI=1S/C23H25N3O2/c1-24-20-8-4-5-9-21(20)25(23(24)28)15-14-22(27)26(17-11-12-17)19-13-10-16-6-2-3-7-18(16)19/h2-9,17,19H,10-15H2,1H3. The van der Waals surface area contributed by atoms with Gasteiger partial charge in [0, 0.05) is 26.1 Å². The molecule has 2 aliphatic carbocycles. The number of benzene rings is 2. The second-order valence-electron chi connectivity index (χ2n) is 8.02. The third kappa shape index (κ3) is 2.77. The number of hydrogen-bond donors (Lipinski definition) is 0. The normalized spacial score (nSPS) is 18.4. The summed E-state index contributed by atoms with van der Waals surface area (Å²) >= 11 is 0. The molecule has 1 unspecified atom stereocenters. The van der Waals surface area contributed by atoms with E-state index in [-0.39, 0.29) is 17.6 Å². The Bertz CT molecular complexity index is 1110. The van der Waals surface area contributed by atoms with Crippen LogP contribution in [0.2, 0.25) is 0 Å². The number of aryl methyl sites for hydroxylation is 3. The quantitative estimate of drug-likeness (QED) is 0.686. The van der Waals surface area contributed by atoms with Crippen LogP contribution >= 0.6 is 0 Å². The average Bonchev–Trinajstić information content (AvgIpc) is 3.42. The molecule has 1 heterocycles. The maximum absolute atomic E-state index is 13.3. The highest BCUT2D eigenvalue weighted by molar-refractivity contribution is 5.79. The average molecular weight is 375 g/mol. The molecule has 1 aromatic heterocycles. The van der Waals surface area contributed by atoms with Gasteiger partial charge in [0.2, 0.25) is 5.91 Å². The molecule has 0 spiro atoms. The third-order valence-electron chi connectivity index (χ3n) is 6.27. The summed E-state index contributed by atoms with van der Waals surface area (Å²) in [6, 6.07) is 16.8. The highest BCUT2D eigenvalue weighted by atomic mass is 16.2. The van der Waals surface area contributed by atoms with Gasteiger partial charge in [-0.1, -0.05) is 36.4 Å². The molecule has 1 fully saturated rings. The molecule has 0 bridgehead atoms. The second kappa shape index (κ2) is 6.66. The first-order valence-electron chi connectivity index (χ1n) is 10.2. The molecule has 2 aliphatic rings. The Morgan fingerprint density at radius 3 is 2.54 bits per heavy atom. The van der Waals surface area contributed by atoms with Crippen molar-refractivity contribution in [1.29, 1.82) is 0 Å². The number of nitrogens with zero attached hydrogens (tertiary/aromatic N) is 3. The predicted octanol–water partition coefficient (Wildman–Crippen LogP) is 3.41. The van der Waals surface area contributed by atoms with Crippen LogP contribution in [0.1, 0.15) is 42.9 Å². The molecule has 28 heavy (non-hydrogen) atoms. The molecule has 5 heteroatoms. The van der Waals surface area contributed by atoms with E-state index in [1.165, 1.54) is 11.1 Å². The van der Waals surface area contributed by atoms with E-state index in [0.29, 0.717) is 19.0 Å². The van der Waals surface area contributed by atoms with Gasteiger partial charge in [0.1, 0.15) is 0 Å². The zero-order valence-corrected chi connectivity index (χ0v) is 16.2. The summed E-state index contributed by atoms with van der Waals surface area (Å²) in [6.45, 7) is 0.427. The topological polar surface area (TPSA) is 47.2 Å². The lowest BCUT2D eigenvalue weighted by atomic mass is 10.1. The van der Waals surface area contributed by atoms with E-state index in [1.54, 1.807) is 16.2 Å². The maximum Gasteiger partial charge on any atom is 0.328 e. The summed E-state index contributed by atoms with van der Waals surface area (Å²) in [6.07, 6.45) is 4.61. The zero-order valence-electron chi connectivity index (χ0n) is 16.2. The van der Waals surface area contributed by atoms with Crippen molar-refractivity contribution >= 4 is 16.9 Å². The van der Waals surface area contributed by atoms with E-state index >= 15 is 0 Å². The Labute approximate surface area is 164 Å². The minimum Gasteiger partial charge on any atom is -0.333 e. The molecule has 5 rings (SSSR count). The monoisotopic (exact) mass is 375 g/mol. The Balaban J connectivity index is 1.39. The molecule has 144 valence electrons. The van der Waals surface area contributed by atoms with Crippen molar-refractivity contribution in [2.45, 2.75) is 50.7 Å². The molecule has 0 aliphatic heterocycles. The Morgan fingerprint density at radius 1 is 1.04 bits per heavy atom. The summed E-state index contributed by atoms with van der Waals surface area (Å²) in [5.41, 5.74) is 4.43. The molecule has 5 nitrogen and oxygen atoms in total. The van der Waals surface area contributed by atoms with Gasteiger partial charge in [-0.25, -0.2) is 4.79 Å². The number of hydrogen-bond acceptors (Lipinski definition) is 2. The van der Waals surface area contributed by atoms with Gasteiger partial charge < -0.3 is 4.90 Å². The van der Waals surface area contributed by atoms with E-state index in [4.69, 9.17) is 0 Å². The lowest BCUT2D eigenvalue weighted by Crippen LogP contribution is -2.37. The fraction of sp³-hybridized carbons (Fsp3) is 0.391. The number of imidazole rings is 1. The highest BCUT2D eigenvalue weighted by Crippen LogP contribution is 2.42. The van der Waals surface area contributed by atoms with E-state index in [2.05, 4.69) is 29.2 Å². The van der Waals surface area contributed by atoms with Crippen molar-refractivity contribution in [3.05, 3.63) is 70.1 Å². The Kier molecular flexibility index (Phi) is 4.11. The number of amides is 1. The summed E-state index contributed by atoms with van der Waals surface area (Å²) < 4.78 is 3.40. The number of carbonyl (C=O) groups excluding carboxylic acids is 1. The van der Waals surface area contributed by atoms with Gasteiger partial charge in [-0.15, -0.1) is 0 Å². The number of aromatic nitrogens is 2. The molecular weight excluding hydrogens is 350 g/mol. The van der Waals surface area contributed by atoms with E-state index < -0.39 is 0 Å². The first-order chi connectivity index (χ1) is 13.6. The van der Waals surface area contributed by atoms with Crippen LogP contribution in [0.4, 0.5) is 0 Å². The van der Waals surface area contributed by atoms with Crippen molar-refractivity contribution in [3.63, 3.8) is 0 Å². The van der Waals surface area contributed by atoms with Crippen molar-refractivity contribution in [3.8, 4) is 0 Å². The fourth-order valence-electron chi connectivity index (χ4n) is 4.72. The van der Waals surface area contributed by atoms with Crippen molar-refractivity contribution in [2.24, 2.45) is 7.05 Å². The molecule has 3 aromatic rings. The van der Waals surface area contributed by atoms with E-state index in [1.807, 2.05) is 24.3 Å². The zero-order chi connectivity index (χ0) is 19.3. The minimum atomic E-state index is -0.0572. The van der Waals surface area contributed by atoms with E-state index in [9.17, 15) is 9.59 Å². The molecule has 1 atom stereocenters. The number of rotatable bonds is 5. The van der Waals surface area contributed by atoms with Crippen LogP contribution in [-0.4, -0.2) is 26.0 Å². The predicted molar refractivity (Wildman–Crippen MR) is 109 cm³/mol. The fourth-order valence-corrected chi connectivity index (χ4v) is 4.72. The lowest BCUT2D eigenvalue weighted by molar-refractivity contribution is -0.134. The summed E-state index contributed by atoms with van der Waals surface area (Å²) in [5.74, 6) is 0.170. The van der Waals surface area contributed by atoms with Gasteiger partial charge in [-0.3, -0.25) is 13.9 Å². The summed E-state index contributed by atoms with van der Waals surface area (Å²) in [7, 11) is 1.79. The molecule has 1 saturated carbocycles. The Morgan fingerprint density at radius 2 is 1.75 bits per heavy atom. The first kappa shape index (κ1) is 17.3. The van der Waals surface area contributed by atoms with E-state index in [0.717, 1.165) is 36.7 Å². The maximum atomic E-state index is 13.3. The number of fused-ring (bicyclic) bond motifs is 2.